The van der Waals surface area contributed by atoms with Crippen molar-refractivity contribution < 1.29 is 14.3 Å². The number of rotatable bonds is 6. The quantitative estimate of drug-likeness (QED) is 0.281. The summed E-state index contributed by atoms with van der Waals surface area (Å²) in [5.74, 6) is 1.11. The smallest absolute Gasteiger partial charge is 0.275 e. The molecule has 0 aliphatic carbocycles. The van der Waals surface area contributed by atoms with Gasteiger partial charge in [-0.25, -0.2) is 4.68 Å². The Labute approximate surface area is 236 Å². The van der Waals surface area contributed by atoms with Crippen molar-refractivity contribution in [3.63, 3.8) is 0 Å². The van der Waals surface area contributed by atoms with E-state index >= 15 is 0 Å². The molecule has 7 nitrogen and oxygen atoms in total. The minimum atomic E-state index is -0.274. The summed E-state index contributed by atoms with van der Waals surface area (Å²) in [5, 5.41) is 6.05. The fraction of sp³-hybridized carbons (Fsp3) is 0.219. The molecule has 1 amide bonds. The van der Waals surface area contributed by atoms with Gasteiger partial charge < -0.3 is 14.4 Å². The summed E-state index contributed by atoms with van der Waals surface area (Å²) in [5.41, 5.74) is 3.46. The Morgan fingerprint density at radius 3 is 2.55 bits per heavy atom. The molecule has 0 bridgehead atoms. The van der Waals surface area contributed by atoms with Crippen molar-refractivity contribution in [2.45, 2.75) is 26.4 Å². The molecule has 0 radical (unpaired) electrons. The van der Waals surface area contributed by atoms with Crippen LogP contribution in [0.1, 0.15) is 21.7 Å². The highest BCUT2D eigenvalue weighted by atomic mass is 32.1. The molecular weight excluding hydrogens is 522 g/mol. The summed E-state index contributed by atoms with van der Waals surface area (Å²) in [4.78, 5) is 31.1. The molecule has 1 aliphatic heterocycles. The fourth-order valence-electron chi connectivity index (χ4n) is 5.14. The van der Waals surface area contributed by atoms with E-state index in [1.54, 1.807) is 29.4 Å². The number of benzene rings is 3. The van der Waals surface area contributed by atoms with E-state index in [4.69, 9.17) is 9.47 Å². The van der Waals surface area contributed by atoms with Crippen LogP contribution < -0.4 is 15.0 Å². The van der Waals surface area contributed by atoms with Crippen molar-refractivity contribution in [1.29, 1.82) is 0 Å². The van der Waals surface area contributed by atoms with E-state index in [0.29, 0.717) is 43.0 Å². The second-order valence-electron chi connectivity index (χ2n) is 9.86. The van der Waals surface area contributed by atoms with Crippen LogP contribution in [0.25, 0.3) is 21.2 Å². The number of methoxy groups -OCH3 is 1. The van der Waals surface area contributed by atoms with Crippen LogP contribution in [0.4, 0.5) is 0 Å². The highest BCUT2D eigenvalue weighted by Gasteiger charge is 2.25. The summed E-state index contributed by atoms with van der Waals surface area (Å²) in [6.45, 7) is 2.99. The Bertz CT molecular complexity index is 1760. The molecule has 3 aromatic carbocycles. The van der Waals surface area contributed by atoms with Gasteiger partial charge in [-0.15, -0.1) is 11.3 Å². The van der Waals surface area contributed by atoms with Gasteiger partial charge in [-0.2, -0.15) is 5.10 Å². The molecule has 0 atom stereocenters. The van der Waals surface area contributed by atoms with Crippen LogP contribution in [-0.2, 0) is 24.3 Å². The largest absolute Gasteiger partial charge is 0.493 e. The molecule has 1 aliphatic rings. The minimum Gasteiger partial charge on any atom is -0.493 e. The number of carbonyl (C=O) groups is 1. The van der Waals surface area contributed by atoms with Crippen molar-refractivity contribution in [2.75, 3.05) is 20.3 Å². The van der Waals surface area contributed by atoms with Crippen LogP contribution in [0, 0.1) is 6.92 Å². The molecule has 6 rings (SSSR count). The maximum absolute atomic E-state index is 13.6. The second-order valence-corrected chi connectivity index (χ2v) is 11.1. The van der Waals surface area contributed by atoms with E-state index in [-0.39, 0.29) is 18.0 Å². The number of amides is 1. The van der Waals surface area contributed by atoms with Crippen molar-refractivity contribution in [1.82, 2.24) is 14.7 Å². The standard InChI is InChI=1S/C32H29N3O4S/c1-21-12-13-29(40-21)23-17-24-19-34(14-15-39-31(24)28(18-23)38-2)30(36)20-35-32(37)26-11-7-6-10-25(26)27(33-35)16-22-8-4-3-5-9-22/h3-13,17-18H,14-16,19-20H2,1-2H3. The number of thiophene rings is 1. The molecule has 0 unspecified atom stereocenters. The normalized spacial score (nSPS) is 13.0. The topological polar surface area (TPSA) is 73.7 Å². The van der Waals surface area contributed by atoms with Crippen LogP contribution >= 0.6 is 11.3 Å². The average molecular weight is 552 g/mol. The molecule has 0 N–H and O–H groups in total. The number of ether oxygens (including phenoxy) is 2. The lowest BCUT2D eigenvalue weighted by Crippen LogP contribution is -2.38. The summed E-state index contributed by atoms with van der Waals surface area (Å²) >= 11 is 1.71. The summed E-state index contributed by atoms with van der Waals surface area (Å²) in [6, 6.07) is 25.7. The molecule has 0 fully saturated rings. The van der Waals surface area contributed by atoms with Gasteiger partial charge in [-0.3, -0.25) is 9.59 Å². The van der Waals surface area contributed by atoms with E-state index in [1.807, 2.05) is 54.6 Å². The van der Waals surface area contributed by atoms with Crippen LogP contribution in [-0.4, -0.2) is 40.8 Å². The predicted molar refractivity (Wildman–Crippen MR) is 157 cm³/mol. The van der Waals surface area contributed by atoms with Crippen molar-refractivity contribution >= 4 is 28.0 Å². The van der Waals surface area contributed by atoms with E-state index < -0.39 is 0 Å². The molecule has 5 aromatic rings. The first-order valence-corrected chi connectivity index (χ1v) is 14.0. The summed E-state index contributed by atoms with van der Waals surface area (Å²) < 4.78 is 13.0. The molecule has 2 aromatic heterocycles. The second kappa shape index (κ2) is 11.0. The third-order valence-corrected chi connectivity index (χ3v) is 8.19. The molecule has 8 heteroatoms. The zero-order valence-electron chi connectivity index (χ0n) is 22.4. The average Bonchev–Trinajstić information content (AvgIpc) is 3.29. The van der Waals surface area contributed by atoms with Crippen LogP contribution in [0.5, 0.6) is 11.5 Å². The minimum absolute atomic E-state index is 0.151. The van der Waals surface area contributed by atoms with Gasteiger partial charge in [0.25, 0.3) is 5.56 Å². The number of hydrogen-bond donors (Lipinski definition) is 0. The molecule has 40 heavy (non-hydrogen) atoms. The number of hydrogen-bond acceptors (Lipinski definition) is 6. The Morgan fingerprint density at radius 1 is 1.02 bits per heavy atom. The van der Waals surface area contributed by atoms with Crippen LogP contribution in [0.15, 0.2) is 83.7 Å². The van der Waals surface area contributed by atoms with Crippen molar-refractivity contribution in [3.8, 4) is 21.9 Å². The van der Waals surface area contributed by atoms with Gasteiger partial charge in [-0.05, 0) is 48.4 Å². The van der Waals surface area contributed by atoms with Gasteiger partial charge in [0.05, 0.1) is 24.7 Å². The van der Waals surface area contributed by atoms with Crippen molar-refractivity contribution in [3.05, 3.63) is 111 Å². The van der Waals surface area contributed by atoms with Crippen LogP contribution in [0.2, 0.25) is 0 Å². The first-order chi connectivity index (χ1) is 19.5. The van der Waals surface area contributed by atoms with E-state index in [0.717, 1.165) is 32.6 Å². The van der Waals surface area contributed by atoms with Crippen molar-refractivity contribution in [2.24, 2.45) is 0 Å². The maximum Gasteiger partial charge on any atom is 0.275 e. The van der Waals surface area contributed by atoms with E-state index in [1.165, 1.54) is 9.56 Å². The summed E-state index contributed by atoms with van der Waals surface area (Å²) in [7, 11) is 1.63. The fourth-order valence-corrected chi connectivity index (χ4v) is 6.00. The number of carbonyl (C=O) groups excluding carboxylic acids is 1. The van der Waals surface area contributed by atoms with Gasteiger partial charge in [0, 0.05) is 33.7 Å². The lowest BCUT2D eigenvalue weighted by atomic mass is 10.0. The van der Waals surface area contributed by atoms with Gasteiger partial charge in [0.15, 0.2) is 11.5 Å². The molecular formula is C32H29N3O4S. The zero-order valence-corrected chi connectivity index (χ0v) is 23.2. The van der Waals surface area contributed by atoms with Gasteiger partial charge >= 0.3 is 0 Å². The lowest BCUT2D eigenvalue weighted by molar-refractivity contribution is -0.132. The molecule has 0 saturated heterocycles. The van der Waals surface area contributed by atoms with E-state index in [2.05, 4.69) is 30.2 Å². The summed E-state index contributed by atoms with van der Waals surface area (Å²) in [6.07, 6.45) is 0.561. The third kappa shape index (κ3) is 5.10. The third-order valence-electron chi connectivity index (χ3n) is 7.14. The highest BCUT2D eigenvalue weighted by Crippen LogP contribution is 2.40. The predicted octanol–water partition coefficient (Wildman–Crippen LogP) is 5.45. The number of aromatic nitrogens is 2. The molecule has 3 heterocycles. The monoisotopic (exact) mass is 551 g/mol. The zero-order chi connectivity index (χ0) is 27.6. The first kappa shape index (κ1) is 25.8. The Kier molecular flexibility index (Phi) is 7.09. The first-order valence-electron chi connectivity index (χ1n) is 13.2. The Hall–Kier alpha value is -4.43. The van der Waals surface area contributed by atoms with Crippen LogP contribution in [0.3, 0.4) is 0 Å². The van der Waals surface area contributed by atoms with Gasteiger partial charge in [0.1, 0.15) is 13.2 Å². The number of fused-ring (bicyclic) bond motifs is 2. The molecule has 202 valence electrons. The van der Waals surface area contributed by atoms with E-state index in [9.17, 15) is 9.59 Å². The molecule has 0 saturated carbocycles. The maximum atomic E-state index is 13.6. The Balaban J connectivity index is 1.31. The lowest BCUT2D eigenvalue weighted by Gasteiger charge is -2.21. The number of aryl methyl sites for hydroxylation is 1. The number of nitrogens with zero attached hydrogens (tertiary/aromatic N) is 3. The Morgan fingerprint density at radius 2 is 1.80 bits per heavy atom. The SMILES string of the molecule is COc1cc(-c2ccc(C)s2)cc2c1OCCN(C(=O)Cn1nc(Cc3ccccc3)c3ccccc3c1=O)C2. The van der Waals surface area contributed by atoms with Gasteiger partial charge in [0.2, 0.25) is 5.91 Å². The molecule has 0 spiro atoms. The van der Waals surface area contributed by atoms with Gasteiger partial charge in [-0.1, -0.05) is 48.5 Å². The highest BCUT2D eigenvalue weighted by molar-refractivity contribution is 7.15.